The van der Waals surface area contributed by atoms with Crippen LogP contribution in [0.4, 0.5) is 145 Å². The van der Waals surface area contributed by atoms with Crippen LogP contribution in [0.3, 0.4) is 0 Å². The molecule has 5 aromatic carbocycles. The van der Waals surface area contributed by atoms with Crippen molar-refractivity contribution in [1.29, 1.82) is 0 Å². The summed E-state index contributed by atoms with van der Waals surface area (Å²) in [6.07, 6.45) is -13.5. The monoisotopic (exact) mass is 1500 g/mol. The molecule has 0 unspecified atom stereocenters. The summed E-state index contributed by atoms with van der Waals surface area (Å²) in [5, 5.41) is 1.24. The maximum atomic E-state index is 16.0. The van der Waals surface area contributed by atoms with Crippen molar-refractivity contribution in [1.82, 2.24) is 0 Å². The summed E-state index contributed by atoms with van der Waals surface area (Å²) in [6, 6.07) is 9.15. The van der Waals surface area contributed by atoms with Crippen molar-refractivity contribution in [2.75, 3.05) is 0 Å². The predicted octanol–water partition coefficient (Wildman–Crippen LogP) is 24.7. The van der Waals surface area contributed by atoms with E-state index >= 15 is 52.7 Å². The molecule has 0 aromatic heterocycles. The summed E-state index contributed by atoms with van der Waals surface area (Å²) < 4.78 is 481. The van der Waals surface area contributed by atoms with E-state index in [1.54, 1.807) is 52.0 Å². The van der Waals surface area contributed by atoms with E-state index in [9.17, 15) is 92.2 Å². The molecule has 0 aliphatic rings. The Kier molecular flexibility index (Phi) is 21.3. The van der Waals surface area contributed by atoms with Gasteiger partial charge >= 0.3 is 95.0 Å². The van der Waals surface area contributed by atoms with Gasteiger partial charge in [0.25, 0.3) is 0 Å². The van der Waals surface area contributed by atoms with E-state index in [2.05, 4.69) is 22.9 Å². The number of benzene rings is 5. The summed E-state index contributed by atoms with van der Waals surface area (Å²) in [7, 11) is -8.93. The summed E-state index contributed by atoms with van der Waals surface area (Å²) in [5.74, 6) is -115. The fourth-order valence-corrected chi connectivity index (χ4v) is 20.2. The first kappa shape index (κ1) is 83.0. The van der Waals surface area contributed by atoms with E-state index in [4.69, 9.17) is 0 Å². The minimum Gasteiger partial charge on any atom is -0.200 e. The van der Waals surface area contributed by atoms with E-state index in [-0.39, 0.29) is 32.7 Å². The highest BCUT2D eigenvalue weighted by Gasteiger charge is 2.96. The molecule has 0 fully saturated rings. The number of halogens is 33. The number of aryl methyl sites for hydroxylation is 4. The molecule has 0 heterocycles. The Bertz CT molecular complexity index is 3590. The highest BCUT2D eigenvalue weighted by atomic mass is 28.3. The molecule has 0 nitrogen and oxygen atoms in total. The van der Waals surface area contributed by atoms with Gasteiger partial charge in [-0.15, -0.1) is 11.1 Å². The fourth-order valence-electron chi connectivity index (χ4n) is 11.6. The highest BCUT2D eigenvalue weighted by molar-refractivity contribution is 6.90. The Morgan fingerprint density at radius 1 is 0.286 bits per heavy atom. The molecule has 0 N–H and O–H groups in total. The number of rotatable bonds is 23. The number of fused-ring (bicyclic) bond motifs is 4. The zero-order chi connectivity index (χ0) is 76.7. The van der Waals surface area contributed by atoms with Crippen LogP contribution in [-0.4, -0.2) is 111 Å². The van der Waals surface area contributed by atoms with Crippen LogP contribution in [0.5, 0.6) is 0 Å². The minimum absolute atomic E-state index is 0.0300. The maximum absolute atomic E-state index is 16.0. The van der Waals surface area contributed by atoms with Crippen LogP contribution in [0.1, 0.15) is 109 Å². The van der Waals surface area contributed by atoms with Crippen LogP contribution in [-0.2, 0) is 0 Å². The minimum atomic E-state index is -8.87. The Balaban J connectivity index is 1.85. The quantitative estimate of drug-likeness (QED) is 0.0265. The number of alkyl halides is 33. The Morgan fingerprint density at radius 2 is 0.480 bits per heavy atom. The summed E-state index contributed by atoms with van der Waals surface area (Å²) in [4.78, 5) is 0. The van der Waals surface area contributed by atoms with Crippen molar-refractivity contribution in [2.45, 2.75) is 232 Å². The third kappa shape index (κ3) is 12.3. The Labute approximate surface area is 539 Å². The lowest BCUT2D eigenvalue weighted by Gasteiger charge is -2.44. The first-order chi connectivity index (χ1) is 43.4. The molecule has 35 heteroatoms. The topological polar surface area (TPSA) is 0 Å². The molecule has 0 atom stereocenters. The Morgan fingerprint density at radius 3 is 0.673 bits per heavy atom. The van der Waals surface area contributed by atoms with Crippen molar-refractivity contribution < 1.29 is 145 Å². The lowest BCUT2D eigenvalue weighted by Crippen LogP contribution is -2.74. The maximum Gasteiger partial charge on any atom is 0.460 e. The molecule has 5 aromatic rings. The summed E-state index contributed by atoms with van der Waals surface area (Å²) in [5.41, 5.74) is 3.14. The highest BCUT2D eigenvalue weighted by Crippen LogP contribution is 2.67. The molecule has 0 amide bonds. The third-order valence-electron chi connectivity index (χ3n) is 18.7. The van der Waals surface area contributed by atoms with E-state index in [1.807, 2.05) is 0 Å². The van der Waals surface area contributed by atoms with Crippen LogP contribution in [0.25, 0.3) is 43.1 Å². The number of hydrogen-bond acceptors (Lipinski definition) is 0. The van der Waals surface area contributed by atoms with Gasteiger partial charge in [0.1, 0.15) is 16.1 Å². The molecule has 0 saturated carbocycles. The lowest BCUT2D eigenvalue weighted by atomic mass is 9.87. The number of hydrogen-bond donors (Lipinski definition) is 0. The van der Waals surface area contributed by atoms with Crippen molar-refractivity contribution >= 4 is 59.2 Å². The van der Waals surface area contributed by atoms with Gasteiger partial charge in [-0.3, -0.25) is 0 Å². The molecule has 0 saturated heterocycles. The lowest BCUT2D eigenvalue weighted by molar-refractivity contribution is -0.461. The van der Waals surface area contributed by atoms with Gasteiger partial charge in [-0.1, -0.05) is 91.5 Å². The van der Waals surface area contributed by atoms with Gasteiger partial charge in [-0.25, -0.2) is 0 Å². The standard InChI is InChI=1S/C63H59F33Si2/c1-30(2)97(31(3)4,20-16-49(66,67)52(72,73)55(78,79)58(84,85)57(82,83)54(76,77)51(70,71)48(13,64)65)18-14-42-44-26-38-22-34(9)36(11)24-40(38)28-46(44)43(47-29-41-25-37(12)35(10)23-39(41)27-45(42)47)15-19-98(32(5)6,33(7)8)21-17-50(68,69)53(74,75)56(80,81)59(86,87)60(88,89)61(90,91)62(92,93)63(94,95)96/h22-33H,16-17,20-21H2,1-13H3. The molecule has 98 heavy (non-hydrogen) atoms. The van der Waals surface area contributed by atoms with Gasteiger partial charge in [-0.2, -0.15) is 145 Å². The SMILES string of the molecule is Cc1cc2cc3c(C#C[Si](CCC(F)(F)C(F)(F)C(F)(F)C(F)(F)C(F)(F)C(F)(F)C(F)(F)C(C)(F)F)(C(C)C)C(C)C)c4cc5cc(C)c(C)cc5cc4c(C#C[Si](CCC(F)(F)C(F)(F)C(F)(F)C(F)(F)C(F)(F)C(F)(F)C(F)(F)C(F)(F)F)(C(C)C)C(C)C)c3cc2cc1C. The second-order valence-corrected chi connectivity index (χ2v) is 36.3. The molecule has 0 aliphatic heterocycles. The van der Waals surface area contributed by atoms with Gasteiger partial charge in [-0.05, 0) is 152 Å². The largest absolute Gasteiger partial charge is 0.460 e. The van der Waals surface area contributed by atoms with Gasteiger partial charge in [0.15, 0.2) is 0 Å². The van der Waals surface area contributed by atoms with Crippen LogP contribution in [0.15, 0.2) is 48.5 Å². The third-order valence-corrected chi connectivity index (χ3v) is 30.3. The molecule has 0 bridgehead atoms. The smallest absolute Gasteiger partial charge is 0.200 e. The van der Waals surface area contributed by atoms with Crippen molar-refractivity contribution in [2.24, 2.45) is 0 Å². The van der Waals surface area contributed by atoms with Crippen LogP contribution in [0, 0.1) is 50.6 Å². The van der Waals surface area contributed by atoms with Gasteiger partial charge < -0.3 is 0 Å². The normalized spacial score (nSPS) is 15.2. The molecular weight excluding hydrogens is 1440 g/mol. The molecule has 550 valence electrons. The van der Waals surface area contributed by atoms with Gasteiger partial charge in [0.05, 0.1) is 0 Å². The van der Waals surface area contributed by atoms with Crippen molar-refractivity contribution in [3.63, 3.8) is 0 Å². The Hall–Kier alpha value is -5.62. The average molecular weight is 1500 g/mol. The van der Waals surface area contributed by atoms with E-state index in [0.29, 0.717) is 43.8 Å². The second kappa shape index (κ2) is 25.1. The van der Waals surface area contributed by atoms with E-state index in [0.717, 1.165) is 0 Å². The van der Waals surface area contributed by atoms with Gasteiger partial charge in [0.2, 0.25) is 0 Å². The molecule has 0 aliphatic carbocycles. The zero-order valence-electron chi connectivity index (χ0n) is 53.2. The van der Waals surface area contributed by atoms with Crippen LogP contribution >= 0.6 is 0 Å². The van der Waals surface area contributed by atoms with Gasteiger partial charge in [0, 0.05) is 30.9 Å². The second-order valence-electron chi connectivity index (χ2n) is 26.0. The van der Waals surface area contributed by atoms with Crippen molar-refractivity contribution in [3.8, 4) is 22.9 Å². The summed E-state index contributed by atoms with van der Waals surface area (Å²) in [6.45, 7) is 15.1. The predicted molar refractivity (Wildman–Crippen MR) is 306 cm³/mol. The average Bonchev–Trinajstić information content (AvgIpc) is 0.679. The van der Waals surface area contributed by atoms with Crippen molar-refractivity contribution in [3.05, 3.63) is 81.9 Å². The van der Waals surface area contributed by atoms with E-state index in [1.165, 1.54) is 79.7 Å². The molecule has 0 spiro atoms. The molecule has 5 rings (SSSR count). The first-order valence-electron chi connectivity index (χ1n) is 29.0. The van der Waals surface area contributed by atoms with Crippen LogP contribution < -0.4 is 0 Å². The first-order valence-corrected chi connectivity index (χ1v) is 33.8. The fraction of sp³-hybridized carbons (Fsp3) is 0.587. The van der Waals surface area contributed by atoms with Crippen LogP contribution in [0.2, 0.25) is 34.3 Å². The summed E-state index contributed by atoms with van der Waals surface area (Å²) >= 11 is 0. The van der Waals surface area contributed by atoms with E-state index < -0.39 is 165 Å². The molecule has 0 radical (unpaired) electrons. The zero-order valence-corrected chi connectivity index (χ0v) is 55.2. The molecular formula is C63H59F33Si2.